The number of pyridine rings is 1. The van der Waals surface area contributed by atoms with Crippen LogP contribution in [0.25, 0.3) is 21.3 Å². The van der Waals surface area contributed by atoms with Gasteiger partial charge in [0.05, 0.1) is 0 Å². The second-order valence-electron chi connectivity index (χ2n) is 3.19. The Balaban J connectivity index is 0.000000963. The number of hydrogen-bond donors (Lipinski definition) is 0. The molecule has 75 valence electrons. The molecule has 0 aliphatic heterocycles. The summed E-state index contributed by atoms with van der Waals surface area (Å²) in [5, 5.41) is 3.17. The van der Waals surface area contributed by atoms with Crippen molar-refractivity contribution in [2.24, 2.45) is 0 Å². The monoisotopic (exact) mass is 298 g/mol. The van der Waals surface area contributed by atoms with Gasteiger partial charge in [-0.1, -0.05) is 17.0 Å². The van der Waals surface area contributed by atoms with Crippen molar-refractivity contribution in [1.82, 2.24) is 4.98 Å². The molecule has 3 rings (SSSR count). The number of nitrogens with zero attached hydrogens (tertiary/aromatic N) is 1. The van der Waals surface area contributed by atoms with Gasteiger partial charge < -0.3 is 4.98 Å². The van der Waals surface area contributed by atoms with Crippen molar-refractivity contribution in [2.45, 2.75) is 0 Å². The van der Waals surface area contributed by atoms with E-state index in [0.717, 1.165) is 21.3 Å². The Hall–Kier alpha value is -0.566. The molecule has 0 saturated carbocycles. The van der Waals surface area contributed by atoms with Crippen LogP contribution < -0.4 is 0 Å². The molecule has 16 heavy (non-hydrogen) atoms. The minimum atomic E-state index is 0. The number of hydrogen-bond acceptors (Lipinski definition) is 2. The summed E-state index contributed by atoms with van der Waals surface area (Å²) in [7, 11) is 0. The number of thiophene rings is 1. The number of fused-ring (bicyclic) bond motifs is 1. The number of rotatable bonds is 1. The number of aromatic nitrogens is 1. The van der Waals surface area contributed by atoms with E-state index in [2.05, 4.69) is 23.2 Å². The van der Waals surface area contributed by atoms with Crippen LogP contribution in [0.3, 0.4) is 0 Å². The van der Waals surface area contributed by atoms with Crippen LogP contribution >= 0.6 is 11.3 Å². The van der Waals surface area contributed by atoms with Gasteiger partial charge in [-0.3, -0.25) is 11.3 Å². The van der Waals surface area contributed by atoms with Crippen molar-refractivity contribution in [3.8, 4) is 10.4 Å². The van der Waals surface area contributed by atoms with Crippen molar-refractivity contribution < 1.29 is 32.7 Å². The Labute approximate surface area is 123 Å². The van der Waals surface area contributed by atoms with Gasteiger partial charge in [0.1, 0.15) is 0 Å². The molecular weight excluding hydrogens is 291 g/mol. The van der Waals surface area contributed by atoms with Crippen LogP contribution in [0.5, 0.6) is 0 Å². The zero-order valence-corrected chi connectivity index (χ0v) is 12.1. The molecule has 1 aromatic carbocycles. The fraction of sp³-hybridized carbons (Fsp3) is 0. The van der Waals surface area contributed by atoms with Gasteiger partial charge in [0.15, 0.2) is 0 Å². The first-order chi connectivity index (χ1) is 7.45. The average molecular weight is 298 g/mol. The van der Waals surface area contributed by atoms with Crippen molar-refractivity contribution >= 4 is 22.2 Å². The van der Waals surface area contributed by atoms with E-state index in [1.807, 2.05) is 35.8 Å². The molecule has 3 aromatic rings. The smallest absolute Gasteiger partial charge is 0.0148 e. The Morgan fingerprint density at radius 2 is 2.06 bits per heavy atom. The zero-order valence-electron chi connectivity index (χ0n) is 8.47. The summed E-state index contributed by atoms with van der Waals surface area (Å²) in [6.45, 7) is 0. The molecule has 0 atom stereocenters. The first-order valence-electron chi connectivity index (χ1n) is 4.66. The molecular formula is C13H7NSY-2. The maximum Gasteiger partial charge on any atom is 0.0148 e. The van der Waals surface area contributed by atoms with Crippen LogP contribution in [0.4, 0.5) is 0 Å². The molecule has 0 unspecified atom stereocenters. The molecule has 2 heterocycles. The normalized spacial score (nSPS) is 10.0. The third-order valence-corrected chi connectivity index (χ3v) is 3.09. The van der Waals surface area contributed by atoms with Crippen molar-refractivity contribution in [2.75, 3.05) is 0 Å². The number of benzene rings is 1. The van der Waals surface area contributed by atoms with Crippen LogP contribution in [0.15, 0.2) is 41.9 Å². The Morgan fingerprint density at radius 1 is 1.12 bits per heavy atom. The third-order valence-electron chi connectivity index (χ3n) is 2.26. The van der Waals surface area contributed by atoms with Gasteiger partial charge in [0.2, 0.25) is 0 Å². The molecule has 2 aromatic heterocycles. The molecule has 0 aliphatic carbocycles. The van der Waals surface area contributed by atoms with Crippen molar-refractivity contribution in [3.63, 3.8) is 0 Å². The predicted octanol–water partition coefficient (Wildman–Crippen LogP) is 3.56. The predicted molar refractivity (Wildman–Crippen MR) is 62.7 cm³/mol. The fourth-order valence-corrected chi connectivity index (χ4v) is 2.28. The Morgan fingerprint density at radius 3 is 2.88 bits per heavy atom. The van der Waals surface area contributed by atoms with Gasteiger partial charge in [-0.25, -0.2) is 17.7 Å². The fourth-order valence-electron chi connectivity index (χ4n) is 1.59. The largest absolute Gasteiger partial charge is 0.318 e. The molecule has 0 N–H and O–H groups in total. The van der Waals surface area contributed by atoms with Gasteiger partial charge in [0, 0.05) is 38.9 Å². The average Bonchev–Trinajstić information content (AvgIpc) is 2.82. The topological polar surface area (TPSA) is 12.9 Å². The van der Waals surface area contributed by atoms with E-state index in [0.29, 0.717) is 0 Å². The van der Waals surface area contributed by atoms with Crippen LogP contribution in [0.2, 0.25) is 0 Å². The van der Waals surface area contributed by atoms with E-state index >= 15 is 0 Å². The third kappa shape index (κ3) is 2.10. The van der Waals surface area contributed by atoms with Gasteiger partial charge >= 0.3 is 0 Å². The second kappa shape index (κ2) is 5.18. The summed E-state index contributed by atoms with van der Waals surface area (Å²) in [4.78, 5) is 5.49. The molecule has 0 aliphatic rings. The summed E-state index contributed by atoms with van der Waals surface area (Å²) in [6, 6.07) is 16.3. The minimum absolute atomic E-state index is 0. The van der Waals surface area contributed by atoms with Crippen LogP contribution in [0.1, 0.15) is 0 Å². The standard InChI is InChI=1S/C13H7NS.Y/c1-4-10-5-2-8-14-13(10)11(6-1)12-7-3-9-15-12;/h1-5,8-9H;/q-2;. The van der Waals surface area contributed by atoms with E-state index in [-0.39, 0.29) is 32.7 Å². The molecule has 0 bridgehead atoms. The second-order valence-corrected chi connectivity index (χ2v) is 4.10. The van der Waals surface area contributed by atoms with Crippen LogP contribution in [0, 0.1) is 12.1 Å². The molecule has 0 fully saturated rings. The summed E-state index contributed by atoms with van der Waals surface area (Å²) >= 11 is 1.66. The van der Waals surface area contributed by atoms with Crippen molar-refractivity contribution in [3.05, 3.63) is 54.0 Å². The van der Waals surface area contributed by atoms with E-state index in [1.165, 1.54) is 0 Å². The van der Waals surface area contributed by atoms with E-state index in [4.69, 9.17) is 0 Å². The summed E-state index contributed by atoms with van der Waals surface area (Å²) in [6.07, 6.45) is 1.81. The van der Waals surface area contributed by atoms with E-state index in [1.54, 1.807) is 11.3 Å². The summed E-state index contributed by atoms with van der Waals surface area (Å²) in [5.41, 5.74) is 2.04. The van der Waals surface area contributed by atoms with Crippen LogP contribution in [-0.4, -0.2) is 4.98 Å². The first kappa shape index (κ1) is 11.9. The molecule has 1 nitrogen and oxygen atoms in total. The van der Waals surface area contributed by atoms with Gasteiger partial charge in [-0.05, 0) is 6.07 Å². The quantitative estimate of drug-likeness (QED) is 0.626. The van der Waals surface area contributed by atoms with Crippen molar-refractivity contribution in [1.29, 1.82) is 0 Å². The molecule has 0 spiro atoms. The molecule has 0 amide bonds. The van der Waals surface area contributed by atoms with E-state index < -0.39 is 0 Å². The maximum atomic E-state index is 4.39. The molecule has 3 heteroatoms. The Kier molecular flexibility index (Phi) is 3.85. The maximum absolute atomic E-state index is 4.39. The first-order valence-corrected chi connectivity index (χ1v) is 5.54. The minimum Gasteiger partial charge on any atom is -0.318 e. The van der Waals surface area contributed by atoms with Gasteiger partial charge in [-0.2, -0.15) is 17.0 Å². The summed E-state index contributed by atoms with van der Waals surface area (Å²) in [5.74, 6) is 0. The van der Waals surface area contributed by atoms with Crippen LogP contribution in [-0.2, 0) is 32.7 Å². The van der Waals surface area contributed by atoms with Gasteiger partial charge in [-0.15, -0.1) is 11.4 Å². The SMILES string of the molecule is [Y].[c-]1ccsc1-c1[c-]ccc2cccnc12. The van der Waals surface area contributed by atoms with E-state index in [9.17, 15) is 0 Å². The summed E-state index contributed by atoms with van der Waals surface area (Å²) < 4.78 is 0. The Bertz CT molecular complexity index is 584. The van der Waals surface area contributed by atoms with Gasteiger partial charge in [0.25, 0.3) is 0 Å². The molecule has 1 radical (unpaired) electrons. The molecule has 0 saturated heterocycles. The zero-order chi connectivity index (χ0) is 10.1.